The Morgan fingerprint density at radius 1 is 1.42 bits per heavy atom. The Kier molecular flexibility index (Phi) is 4.24. The number of hydrogen-bond donors (Lipinski definition) is 0. The van der Waals surface area contributed by atoms with Gasteiger partial charge in [0.25, 0.3) is 0 Å². The molecule has 0 aliphatic heterocycles. The number of carbonyl (C=O) groups is 1. The number of esters is 1. The van der Waals surface area contributed by atoms with Crippen LogP contribution >= 0.6 is 0 Å². The number of rotatable bonds is 3. The van der Waals surface area contributed by atoms with E-state index in [0.717, 1.165) is 0 Å². The zero-order valence-corrected chi connectivity index (χ0v) is 8.51. The summed E-state index contributed by atoms with van der Waals surface area (Å²) < 4.78 is 10.2. The number of ether oxygens (including phenoxy) is 2. The van der Waals surface area contributed by atoms with Crippen molar-refractivity contribution in [1.29, 1.82) is 0 Å². The Morgan fingerprint density at radius 2 is 1.92 bits per heavy atom. The van der Waals surface area contributed by atoms with E-state index in [-0.39, 0.29) is 11.6 Å². The van der Waals surface area contributed by atoms with Gasteiger partial charge in [-0.05, 0) is 34.6 Å². The monoisotopic (exact) mass is 174 g/mol. The summed E-state index contributed by atoms with van der Waals surface area (Å²) in [5.41, 5.74) is -0.299. The summed E-state index contributed by atoms with van der Waals surface area (Å²) in [5, 5.41) is 0. The van der Waals surface area contributed by atoms with Crippen molar-refractivity contribution in [1.82, 2.24) is 0 Å². The molecule has 0 fully saturated rings. The van der Waals surface area contributed by atoms with Crippen LogP contribution in [0.3, 0.4) is 0 Å². The summed E-state index contributed by atoms with van der Waals surface area (Å²) in [6.45, 7) is 9.59. The van der Waals surface area contributed by atoms with E-state index in [4.69, 9.17) is 9.47 Å². The Labute approximate surface area is 74.0 Å². The van der Waals surface area contributed by atoms with Crippen LogP contribution in [0.5, 0.6) is 0 Å². The summed E-state index contributed by atoms with van der Waals surface area (Å²) in [6, 6.07) is 0. The Balaban J connectivity index is 3.87. The van der Waals surface area contributed by atoms with Crippen LogP contribution in [0.15, 0.2) is 0 Å². The Hall–Kier alpha value is -0.570. The first-order chi connectivity index (χ1) is 5.37. The van der Waals surface area contributed by atoms with Crippen molar-refractivity contribution >= 4 is 5.97 Å². The van der Waals surface area contributed by atoms with Gasteiger partial charge in [-0.2, -0.15) is 0 Å². The molecule has 0 heterocycles. The lowest BCUT2D eigenvalue weighted by atomic mass is 10.2. The van der Waals surface area contributed by atoms with Crippen molar-refractivity contribution < 1.29 is 14.3 Å². The van der Waals surface area contributed by atoms with E-state index < -0.39 is 6.10 Å². The average molecular weight is 174 g/mol. The Bertz CT molecular complexity index is 146. The molecule has 0 spiro atoms. The van der Waals surface area contributed by atoms with Gasteiger partial charge in [-0.25, -0.2) is 4.79 Å². The van der Waals surface area contributed by atoms with Crippen LogP contribution in [-0.2, 0) is 14.3 Å². The second-order valence-corrected chi connectivity index (χ2v) is 3.62. The lowest BCUT2D eigenvalue weighted by Crippen LogP contribution is -2.32. The molecule has 0 aromatic rings. The molecule has 0 radical (unpaired) electrons. The molecular weight excluding hydrogens is 156 g/mol. The van der Waals surface area contributed by atoms with Gasteiger partial charge in [-0.15, -0.1) is 0 Å². The molecule has 0 aromatic heterocycles. The van der Waals surface area contributed by atoms with Gasteiger partial charge in [-0.1, -0.05) is 0 Å². The third-order valence-electron chi connectivity index (χ3n) is 1.15. The van der Waals surface area contributed by atoms with E-state index >= 15 is 0 Å². The third kappa shape index (κ3) is 5.13. The summed E-state index contributed by atoms with van der Waals surface area (Å²) in [6.07, 6.45) is -0.482. The molecule has 1 unspecified atom stereocenters. The molecule has 0 aliphatic rings. The van der Waals surface area contributed by atoms with Crippen molar-refractivity contribution in [2.45, 2.75) is 46.3 Å². The highest BCUT2D eigenvalue weighted by molar-refractivity contribution is 5.74. The first-order valence-corrected chi connectivity index (χ1v) is 4.21. The first-order valence-electron chi connectivity index (χ1n) is 4.21. The van der Waals surface area contributed by atoms with E-state index in [0.29, 0.717) is 6.61 Å². The molecule has 0 N–H and O–H groups in total. The van der Waals surface area contributed by atoms with Crippen LogP contribution in [0.2, 0.25) is 0 Å². The van der Waals surface area contributed by atoms with Gasteiger partial charge in [0.15, 0.2) is 6.10 Å². The molecule has 0 rings (SSSR count). The van der Waals surface area contributed by atoms with Crippen LogP contribution in [0.1, 0.15) is 34.6 Å². The van der Waals surface area contributed by atoms with Crippen molar-refractivity contribution in [3.8, 4) is 0 Å². The van der Waals surface area contributed by atoms with Gasteiger partial charge in [0, 0.05) is 0 Å². The van der Waals surface area contributed by atoms with Gasteiger partial charge in [-0.3, -0.25) is 0 Å². The van der Waals surface area contributed by atoms with Crippen LogP contribution in [-0.4, -0.2) is 24.3 Å². The molecule has 3 heteroatoms. The maximum Gasteiger partial charge on any atom is 0.334 e. The van der Waals surface area contributed by atoms with Crippen LogP contribution in [0, 0.1) is 0 Å². The second kappa shape index (κ2) is 4.45. The molecule has 12 heavy (non-hydrogen) atoms. The highest BCUT2D eigenvalue weighted by Crippen LogP contribution is 2.11. The van der Waals surface area contributed by atoms with Gasteiger partial charge in [0.2, 0.25) is 0 Å². The van der Waals surface area contributed by atoms with Gasteiger partial charge in [0.1, 0.15) is 0 Å². The van der Waals surface area contributed by atoms with E-state index in [2.05, 4.69) is 0 Å². The quantitative estimate of drug-likeness (QED) is 0.611. The summed E-state index contributed by atoms with van der Waals surface area (Å²) in [7, 11) is 0. The van der Waals surface area contributed by atoms with Crippen molar-refractivity contribution in [2.24, 2.45) is 0 Å². The minimum Gasteiger partial charge on any atom is -0.464 e. The fraction of sp³-hybridized carbons (Fsp3) is 0.889. The highest BCUT2D eigenvalue weighted by Gasteiger charge is 2.21. The van der Waals surface area contributed by atoms with E-state index in [1.54, 1.807) is 13.8 Å². The molecule has 3 nitrogen and oxygen atoms in total. The fourth-order valence-corrected chi connectivity index (χ4v) is 0.838. The normalized spacial score (nSPS) is 14.1. The third-order valence-corrected chi connectivity index (χ3v) is 1.15. The topological polar surface area (TPSA) is 35.5 Å². The van der Waals surface area contributed by atoms with Crippen LogP contribution in [0.4, 0.5) is 0 Å². The number of carbonyl (C=O) groups excluding carboxylic acids is 1. The van der Waals surface area contributed by atoms with Gasteiger partial charge < -0.3 is 9.47 Å². The van der Waals surface area contributed by atoms with Crippen molar-refractivity contribution in [3.05, 3.63) is 0 Å². The van der Waals surface area contributed by atoms with E-state index in [9.17, 15) is 4.79 Å². The SMILES string of the molecule is CCOC(=O)C(C)OC(C)(C)C. The zero-order chi connectivity index (χ0) is 9.78. The summed E-state index contributed by atoms with van der Waals surface area (Å²) in [4.78, 5) is 11.1. The molecule has 0 saturated carbocycles. The van der Waals surface area contributed by atoms with E-state index in [1.807, 2.05) is 20.8 Å². The predicted molar refractivity (Wildman–Crippen MR) is 46.9 cm³/mol. The molecular formula is C9H18O3. The maximum atomic E-state index is 11.1. The van der Waals surface area contributed by atoms with Gasteiger partial charge in [0.05, 0.1) is 12.2 Å². The lowest BCUT2D eigenvalue weighted by Gasteiger charge is -2.23. The lowest BCUT2D eigenvalue weighted by molar-refractivity contribution is -0.163. The molecule has 1 atom stereocenters. The minimum atomic E-state index is -0.482. The average Bonchev–Trinajstić information content (AvgIpc) is 1.84. The van der Waals surface area contributed by atoms with Crippen LogP contribution < -0.4 is 0 Å². The first kappa shape index (κ1) is 11.4. The molecule has 0 aliphatic carbocycles. The zero-order valence-electron chi connectivity index (χ0n) is 8.51. The maximum absolute atomic E-state index is 11.1. The largest absolute Gasteiger partial charge is 0.464 e. The fourth-order valence-electron chi connectivity index (χ4n) is 0.838. The molecule has 0 bridgehead atoms. The van der Waals surface area contributed by atoms with Crippen molar-refractivity contribution in [3.63, 3.8) is 0 Å². The van der Waals surface area contributed by atoms with E-state index in [1.165, 1.54) is 0 Å². The molecule has 0 amide bonds. The molecule has 0 aromatic carbocycles. The summed E-state index contributed by atoms with van der Waals surface area (Å²) >= 11 is 0. The van der Waals surface area contributed by atoms with Crippen LogP contribution in [0.25, 0.3) is 0 Å². The minimum absolute atomic E-state index is 0.299. The van der Waals surface area contributed by atoms with Gasteiger partial charge >= 0.3 is 5.97 Å². The van der Waals surface area contributed by atoms with Crippen molar-refractivity contribution in [2.75, 3.05) is 6.61 Å². The summed E-state index contributed by atoms with van der Waals surface area (Å²) in [5.74, 6) is -0.299. The smallest absolute Gasteiger partial charge is 0.334 e. The Morgan fingerprint density at radius 3 is 2.25 bits per heavy atom. The molecule has 0 saturated heterocycles. The molecule has 72 valence electrons. The number of hydrogen-bond acceptors (Lipinski definition) is 3. The highest BCUT2D eigenvalue weighted by atomic mass is 16.6. The predicted octanol–water partition coefficient (Wildman–Crippen LogP) is 1.75. The second-order valence-electron chi connectivity index (χ2n) is 3.62. The standard InChI is InChI=1S/C9H18O3/c1-6-11-8(10)7(2)12-9(3,4)5/h7H,6H2,1-5H3.